The Morgan fingerprint density at radius 3 is 1.00 bits per heavy atom. The Kier molecular flexibility index (Phi) is 9.23. The van der Waals surface area contributed by atoms with Crippen LogP contribution in [0.4, 0.5) is 5.69 Å². The Morgan fingerprint density at radius 1 is 0.333 bits per heavy atom. The van der Waals surface area contributed by atoms with E-state index in [1.807, 2.05) is 48.5 Å². The average Bonchev–Trinajstić information content (AvgIpc) is 3.90. The van der Waals surface area contributed by atoms with E-state index in [-0.39, 0.29) is 0 Å². The van der Waals surface area contributed by atoms with Crippen LogP contribution in [0.5, 0.6) is 0 Å². The molecule has 0 unspecified atom stereocenters. The van der Waals surface area contributed by atoms with Crippen LogP contribution in [0.15, 0.2) is 231 Å². The second kappa shape index (κ2) is 15.8. The van der Waals surface area contributed by atoms with Gasteiger partial charge in [-0.1, -0.05) is 158 Å². The van der Waals surface area contributed by atoms with Crippen molar-refractivity contribution < 1.29 is 0 Å². The largest absolute Gasteiger partial charge is 0.311 e. The van der Waals surface area contributed by atoms with Gasteiger partial charge in [0, 0.05) is 32.9 Å². The van der Waals surface area contributed by atoms with Crippen molar-refractivity contribution in [3.63, 3.8) is 0 Å². The number of fused-ring (bicyclic) bond motifs is 6. The lowest BCUT2D eigenvalue weighted by Gasteiger charge is -2.14. The zero-order valence-electron chi connectivity index (χ0n) is 35.7. The van der Waals surface area contributed by atoms with Gasteiger partial charge in [-0.05, 0) is 128 Å². The van der Waals surface area contributed by atoms with Crippen molar-refractivity contribution in [2.45, 2.75) is 0 Å². The molecule has 0 atom stereocenters. The van der Waals surface area contributed by atoms with Gasteiger partial charge < -0.3 is 9.13 Å². The minimum atomic E-state index is 0.479. The van der Waals surface area contributed by atoms with E-state index in [2.05, 4.69) is 202 Å². The first-order valence-electron chi connectivity index (χ1n) is 22.1. The van der Waals surface area contributed by atoms with Gasteiger partial charge in [0.2, 0.25) is 0 Å². The summed E-state index contributed by atoms with van der Waals surface area (Å²) in [5, 5.41) is 15.4. The molecule has 0 aliphatic heterocycles. The molecule has 0 amide bonds. The molecule has 4 nitrogen and oxygen atoms in total. The van der Waals surface area contributed by atoms with Crippen LogP contribution in [-0.4, -0.2) is 9.13 Å². The van der Waals surface area contributed by atoms with E-state index in [1.54, 1.807) is 0 Å². The maximum absolute atomic E-state index is 10.8. The molecule has 10 aromatic carbocycles. The molecule has 0 saturated heterocycles. The highest BCUT2D eigenvalue weighted by atomic mass is 15.0. The van der Waals surface area contributed by atoms with E-state index in [0.29, 0.717) is 11.3 Å². The number of nitrogens with zero attached hydrogens (tertiary/aromatic N) is 4. The summed E-state index contributed by atoms with van der Waals surface area (Å²) in [6.45, 7) is 8.48. The van der Waals surface area contributed by atoms with E-state index in [1.165, 1.54) is 0 Å². The van der Waals surface area contributed by atoms with Gasteiger partial charge in [0.15, 0.2) is 5.69 Å². The highest BCUT2D eigenvalue weighted by molar-refractivity contribution is 6.13. The quantitative estimate of drug-likeness (QED) is 0.147. The average molecular weight is 839 g/mol. The molecule has 0 fully saturated rings. The van der Waals surface area contributed by atoms with Gasteiger partial charge in [0.05, 0.1) is 40.3 Å². The van der Waals surface area contributed by atoms with Crippen molar-refractivity contribution in [2.24, 2.45) is 0 Å². The normalized spacial score (nSPS) is 11.3. The molecular weight excluding hydrogens is 801 g/mol. The third-order valence-corrected chi connectivity index (χ3v) is 13.0. The van der Waals surface area contributed by atoms with Gasteiger partial charge in [-0.15, -0.1) is 0 Å². The second-order valence-corrected chi connectivity index (χ2v) is 16.7. The van der Waals surface area contributed by atoms with Crippen LogP contribution in [0.25, 0.3) is 115 Å². The van der Waals surface area contributed by atoms with Gasteiger partial charge in [-0.2, -0.15) is 5.26 Å². The van der Waals surface area contributed by atoms with Crippen molar-refractivity contribution in [3.8, 4) is 73.1 Å². The standard InChI is InChI=1S/C62H38N4/c1-64-58-39-51(66-61-32-24-47(43-18-10-4-11-19-43)37-56(61)57-38-48(25-33-62(57)66)44-20-12-5-13-21-44)27-29-53(58)52-28-26-50(34-49(52)40-63)65-59-30-22-45(41-14-6-2-7-15-41)35-54(59)55-36-46(23-31-60(55)65)42-16-8-3-9-17-42/h2-39H. The number of aromatic nitrogens is 2. The van der Waals surface area contributed by atoms with Crippen molar-refractivity contribution in [1.82, 2.24) is 9.13 Å². The fourth-order valence-electron chi connectivity index (χ4n) is 9.82. The minimum absolute atomic E-state index is 0.479. The molecule has 0 radical (unpaired) electrons. The van der Waals surface area contributed by atoms with E-state index in [0.717, 1.165) is 111 Å². The molecule has 12 aromatic rings. The van der Waals surface area contributed by atoms with Gasteiger partial charge in [-0.3, -0.25) is 0 Å². The highest BCUT2D eigenvalue weighted by Crippen LogP contribution is 2.42. The summed E-state index contributed by atoms with van der Waals surface area (Å²) in [7, 11) is 0. The Labute approximate surface area is 382 Å². The maximum atomic E-state index is 10.8. The van der Waals surface area contributed by atoms with E-state index in [4.69, 9.17) is 6.57 Å². The Balaban J connectivity index is 0.987. The van der Waals surface area contributed by atoms with E-state index >= 15 is 0 Å². The SMILES string of the molecule is [C-]#[N+]c1cc(-n2c3ccc(-c4ccccc4)cc3c3cc(-c4ccccc4)ccc32)ccc1-c1ccc(-n2c3ccc(-c4ccccc4)cc3c3cc(-c4ccccc4)ccc32)cc1C#N. The molecule has 306 valence electrons. The van der Waals surface area contributed by atoms with Crippen LogP contribution in [0.2, 0.25) is 0 Å². The van der Waals surface area contributed by atoms with E-state index in [9.17, 15) is 5.26 Å². The lowest BCUT2D eigenvalue weighted by Crippen LogP contribution is -1.97. The molecule has 0 N–H and O–H groups in total. The van der Waals surface area contributed by atoms with Gasteiger partial charge >= 0.3 is 0 Å². The lowest BCUT2D eigenvalue weighted by atomic mass is 9.97. The van der Waals surface area contributed by atoms with Crippen molar-refractivity contribution in [1.29, 1.82) is 5.26 Å². The van der Waals surface area contributed by atoms with Crippen LogP contribution < -0.4 is 0 Å². The molecule has 0 bridgehead atoms. The third kappa shape index (κ3) is 6.45. The zero-order chi connectivity index (χ0) is 44.1. The number of nitriles is 1. The second-order valence-electron chi connectivity index (χ2n) is 16.7. The highest BCUT2D eigenvalue weighted by Gasteiger charge is 2.20. The van der Waals surface area contributed by atoms with Gasteiger partial charge in [0.25, 0.3) is 0 Å². The fraction of sp³-hybridized carbons (Fsp3) is 0. The Bertz CT molecular complexity index is 3470. The molecule has 0 aliphatic carbocycles. The topological polar surface area (TPSA) is 38.0 Å². The van der Waals surface area contributed by atoms with Crippen LogP contribution in [0, 0.1) is 17.9 Å². The number of hydrogen-bond donors (Lipinski definition) is 0. The summed E-state index contributed by atoms with van der Waals surface area (Å²) in [6.07, 6.45) is 0. The van der Waals surface area contributed by atoms with Gasteiger partial charge in [-0.25, -0.2) is 4.85 Å². The van der Waals surface area contributed by atoms with Crippen molar-refractivity contribution in [3.05, 3.63) is 248 Å². The summed E-state index contributed by atoms with van der Waals surface area (Å²) >= 11 is 0. The van der Waals surface area contributed by atoms with Crippen LogP contribution in [0.1, 0.15) is 5.56 Å². The van der Waals surface area contributed by atoms with Crippen LogP contribution in [-0.2, 0) is 0 Å². The maximum Gasteiger partial charge on any atom is 0.197 e. The Hall–Kier alpha value is -9.22. The predicted molar refractivity (Wildman–Crippen MR) is 273 cm³/mol. The first-order valence-corrected chi connectivity index (χ1v) is 22.1. The first kappa shape index (κ1) is 38.5. The van der Waals surface area contributed by atoms with Crippen molar-refractivity contribution >= 4 is 49.3 Å². The molecule has 2 heterocycles. The number of rotatable bonds is 7. The smallest absolute Gasteiger partial charge is 0.197 e. The fourth-order valence-corrected chi connectivity index (χ4v) is 9.82. The minimum Gasteiger partial charge on any atom is -0.311 e. The summed E-state index contributed by atoms with van der Waals surface area (Å²) in [4.78, 5) is 4.10. The molecule has 2 aromatic heterocycles. The first-order chi connectivity index (χ1) is 32.6. The van der Waals surface area contributed by atoms with Crippen molar-refractivity contribution in [2.75, 3.05) is 0 Å². The molecule has 66 heavy (non-hydrogen) atoms. The van der Waals surface area contributed by atoms with Crippen LogP contribution >= 0.6 is 0 Å². The third-order valence-electron chi connectivity index (χ3n) is 13.0. The molecule has 0 aliphatic rings. The van der Waals surface area contributed by atoms with Crippen LogP contribution in [0.3, 0.4) is 0 Å². The van der Waals surface area contributed by atoms with Gasteiger partial charge in [0.1, 0.15) is 0 Å². The monoisotopic (exact) mass is 838 g/mol. The summed E-state index contributed by atoms with van der Waals surface area (Å²) in [5.41, 5.74) is 17.6. The molecule has 4 heteroatoms. The molecule has 0 saturated carbocycles. The summed E-state index contributed by atoms with van der Waals surface area (Å²) < 4.78 is 4.52. The predicted octanol–water partition coefficient (Wildman–Crippen LogP) is 16.6. The summed E-state index contributed by atoms with van der Waals surface area (Å²) in [6, 6.07) is 83.1. The Morgan fingerprint density at radius 2 is 0.667 bits per heavy atom. The zero-order valence-corrected chi connectivity index (χ0v) is 35.7. The lowest BCUT2D eigenvalue weighted by molar-refractivity contribution is 1.17. The number of benzene rings is 10. The molecule has 0 spiro atoms. The molecule has 12 rings (SSSR count). The number of hydrogen-bond acceptors (Lipinski definition) is 1. The van der Waals surface area contributed by atoms with E-state index < -0.39 is 0 Å². The summed E-state index contributed by atoms with van der Waals surface area (Å²) in [5.74, 6) is 0. The molecular formula is C62H38N4.